The van der Waals surface area contributed by atoms with Gasteiger partial charge in [-0.3, -0.25) is 0 Å². The zero-order chi connectivity index (χ0) is 40.8. The smallest absolute Gasteiger partial charge is 0.407 e. The summed E-state index contributed by atoms with van der Waals surface area (Å²) >= 11 is 0. The highest BCUT2D eigenvalue weighted by molar-refractivity contribution is 5.69. The molecule has 4 fully saturated rings. The molecule has 2 amide bonds. The van der Waals surface area contributed by atoms with E-state index in [0.717, 1.165) is 11.1 Å². The minimum Gasteiger partial charge on any atom is -0.445 e. The number of hydrogen-bond donors (Lipinski definition) is 8. The number of rotatable bonds is 12. The number of aliphatic hydroxyl groups is 6. The van der Waals surface area contributed by atoms with Crippen molar-refractivity contribution in [2.24, 2.45) is 17.8 Å². The van der Waals surface area contributed by atoms with Crippen LogP contribution in [0.5, 0.6) is 0 Å². The monoisotopic (exact) mass is 804 g/mol. The maximum absolute atomic E-state index is 13.1. The summed E-state index contributed by atoms with van der Waals surface area (Å²) in [5.41, 5.74) is 1.49. The van der Waals surface area contributed by atoms with Gasteiger partial charge in [0.25, 0.3) is 0 Å². The first-order valence-corrected chi connectivity index (χ1v) is 19.6. The Hall–Kier alpha value is -3.46. The third kappa shape index (κ3) is 10.2. The molecule has 316 valence electrons. The number of amides is 2. The number of hydrogen-bond acceptors (Lipinski definition) is 15. The van der Waals surface area contributed by atoms with Gasteiger partial charge in [0, 0.05) is 17.8 Å². The van der Waals surface area contributed by atoms with Crippen molar-refractivity contribution in [3.8, 4) is 0 Å². The van der Waals surface area contributed by atoms with E-state index in [9.17, 15) is 40.2 Å². The molecule has 57 heavy (non-hydrogen) atoms. The predicted octanol–water partition coefficient (Wildman–Crippen LogP) is 1.04. The highest BCUT2D eigenvalue weighted by Crippen LogP contribution is 2.41. The number of carbonyl (C=O) groups is 2. The molecule has 0 bridgehead atoms. The highest BCUT2D eigenvalue weighted by atomic mass is 16.8. The van der Waals surface area contributed by atoms with Gasteiger partial charge in [-0.2, -0.15) is 0 Å². The minimum atomic E-state index is -1.64. The van der Waals surface area contributed by atoms with Gasteiger partial charge >= 0.3 is 12.2 Å². The summed E-state index contributed by atoms with van der Waals surface area (Å²) in [5.74, 6) is -1.65. The van der Waals surface area contributed by atoms with E-state index in [4.69, 9.17) is 33.2 Å². The van der Waals surface area contributed by atoms with Crippen molar-refractivity contribution < 1.29 is 73.4 Å². The molecule has 17 heteroatoms. The van der Waals surface area contributed by atoms with Crippen LogP contribution in [0, 0.1) is 17.8 Å². The molecule has 1 aliphatic carbocycles. The van der Waals surface area contributed by atoms with Gasteiger partial charge in [0.05, 0.1) is 43.1 Å². The van der Waals surface area contributed by atoms with Crippen LogP contribution in [0.15, 0.2) is 60.7 Å². The summed E-state index contributed by atoms with van der Waals surface area (Å²) in [6.07, 6.45) is -15.2. The molecule has 0 aromatic heterocycles. The second-order valence-electron chi connectivity index (χ2n) is 15.4. The maximum Gasteiger partial charge on any atom is 0.407 e. The first kappa shape index (κ1) is 43.1. The highest BCUT2D eigenvalue weighted by Gasteiger charge is 2.54. The molecule has 3 heterocycles. The van der Waals surface area contributed by atoms with Gasteiger partial charge in [-0.15, -0.1) is 0 Å². The van der Waals surface area contributed by atoms with Crippen molar-refractivity contribution >= 4 is 12.2 Å². The molecular formula is C40H56N2O15. The van der Waals surface area contributed by atoms with Crippen molar-refractivity contribution in [1.82, 2.24) is 10.6 Å². The van der Waals surface area contributed by atoms with E-state index in [0.29, 0.717) is 6.42 Å². The number of carbonyl (C=O) groups excluding carboxylic acids is 2. The lowest BCUT2D eigenvalue weighted by molar-refractivity contribution is -0.387. The van der Waals surface area contributed by atoms with Crippen LogP contribution >= 0.6 is 0 Å². The molecule has 4 aliphatic rings. The van der Waals surface area contributed by atoms with Gasteiger partial charge in [0.15, 0.2) is 18.9 Å². The summed E-state index contributed by atoms with van der Waals surface area (Å²) < 4.78 is 41.7. The zero-order valence-corrected chi connectivity index (χ0v) is 32.2. The fourth-order valence-electron chi connectivity index (χ4n) is 8.02. The fourth-order valence-corrected chi connectivity index (χ4v) is 8.02. The maximum atomic E-state index is 13.1. The molecule has 1 saturated carbocycles. The molecule has 17 atom stereocenters. The Morgan fingerprint density at radius 3 is 1.86 bits per heavy atom. The van der Waals surface area contributed by atoms with Crippen molar-refractivity contribution in [1.29, 1.82) is 0 Å². The molecule has 2 aromatic carbocycles. The van der Waals surface area contributed by atoms with E-state index in [1.807, 2.05) is 26.0 Å². The van der Waals surface area contributed by atoms with Crippen LogP contribution < -0.4 is 10.6 Å². The second kappa shape index (κ2) is 19.5. The normalized spacial score (nSPS) is 39.4. The van der Waals surface area contributed by atoms with Crippen LogP contribution in [-0.4, -0.2) is 135 Å². The molecule has 3 aliphatic heterocycles. The first-order chi connectivity index (χ1) is 27.4. The Morgan fingerprint density at radius 2 is 1.28 bits per heavy atom. The number of nitrogens with one attached hydrogen (secondary N) is 2. The van der Waals surface area contributed by atoms with Crippen LogP contribution in [0.1, 0.15) is 51.2 Å². The van der Waals surface area contributed by atoms with Crippen molar-refractivity contribution in [2.75, 3.05) is 6.61 Å². The summed E-state index contributed by atoms with van der Waals surface area (Å²) in [6.45, 7) is 4.81. The van der Waals surface area contributed by atoms with E-state index in [2.05, 4.69) is 10.6 Å². The van der Waals surface area contributed by atoms with E-state index < -0.39 is 122 Å². The number of fused-ring (bicyclic) bond motifs is 1. The molecule has 3 saturated heterocycles. The molecule has 17 nitrogen and oxygen atoms in total. The van der Waals surface area contributed by atoms with Gasteiger partial charge in [-0.05, 0) is 30.4 Å². The minimum absolute atomic E-state index is 0.0272. The SMILES string of the molecule is CCC1C(O[C@H]2OC(CO)[C@@H](C)[C@H](O)C2O)O[C@H]2CC(C)[C@@H](O[C@@H]3C(NC(=O)OCc4ccccc4)C[C@@H](NC(=O)OCc4ccccc4)C(O)[C@H]3O)OC2C1O. The molecular weight excluding hydrogens is 748 g/mol. The van der Waals surface area contributed by atoms with Gasteiger partial charge in [-0.1, -0.05) is 81.4 Å². The number of aliphatic hydroxyl groups excluding tert-OH is 6. The fraction of sp³-hybridized carbons (Fsp3) is 0.650. The van der Waals surface area contributed by atoms with Gasteiger partial charge in [-0.25, -0.2) is 9.59 Å². The third-order valence-corrected chi connectivity index (χ3v) is 11.5. The second-order valence-corrected chi connectivity index (χ2v) is 15.4. The topological polar surface area (TPSA) is 244 Å². The van der Waals surface area contributed by atoms with Crippen molar-refractivity contribution in [3.63, 3.8) is 0 Å². The summed E-state index contributed by atoms with van der Waals surface area (Å²) in [4.78, 5) is 26.0. The summed E-state index contributed by atoms with van der Waals surface area (Å²) in [7, 11) is 0. The van der Waals surface area contributed by atoms with E-state index in [-0.39, 0.29) is 26.1 Å². The zero-order valence-electron chi connectivity index (χ0n) is 32.2. The Balaban J connectivity index is 1.13. The van der Waals surface area contributed by atoms with Gasteiger partial charge in [0.2, 0.25) is 0 Å². The average Bonchev–Trinajstić information content (AvgIpc) is 3.21. The van der Waals surface area contributed by atoms with Gasteiger partial charge < -0.3 is 74.4 Å². The lowest BCUT2D eigenvalue weighted by Gasteiger charge is -2.52. The molecule has 2 aromatic rings. The van der Waals surface area contributed by atoms with E-state index in [1.54, 1.807) is 55.5 Å². The average molecular weight is 805 g/mol. The van der Waals surface area contributed by atoms with E-state index in [1.165, 1.54) is 0 Å². The van der Waals surface area contributed by atoms with Crippen molar-refractivity contribution in [2.45, 2.75) is 139 Å². The van der Waals surface area contributed by atoms with Gasteiger partial charge in [0.1, 0.15) is 43.7 Å². The molecule has 9 unspecified atom stereocenters. The first-order valence-electron chi connectivity index (χ1n) is 19.6. The summed E-state index contributed by atoms with van der Waals surface area (Å²) in [6, 6.07) is 16.0. The van der Waals surface area contributed by atoms with Crippen LogP contribution in [0.4, 0.5) is 9.59 Å². The quantitative estimate of drug-likeness (QED) is 0.150. The Kier molecular flexibility index (Phi) is 14.8. The lowest BCUT2D eigenvalue weighted by atomic mass is 9.82. The molecule has 0 spiro atoms. The number of alkyl carbamates (subject to hydrolysis) is 2. The molecule has 6 rings (SSSR count). The van der Waals surface area contributed by atoms with Crippen LogP contribution in [0.25, 0.3) is 0 Å². The predicted molar refractivity (Wildman–Crippen MR) is 198 cm³/mol. The van der Waals surface area contributed by atoms with Crippen molar-refractivity contribution in [3.05, 3.63) is 71.8 Å². The summed E-state index contributed by atoms with van der Waals surface area (Å²) in [5, 5.41) is 70.8. The Labute approximate surface area is 331 Å². The molecule has 0 radical (unpaired) electrons. The number of benzene rings is 2. The Morgan fingerprint density at radius 1 is 0.684 bits per heavy atom. The standard InChI is InChI=1S/C40H56N2O15/c1-4-24-30(45)35-27(53-37(24)57-38-33(48)29(44)21(3)28(17-43)54-38)15-20(2)36(56-35)55-34-26(42-40(50)52-19-23-13-9-6-10-14-23)16-25(31(46)32(34)47)41-39(49)51-18-22-11-7-5-8-12-22/h5-14,20-21,24-38,43-48H,4,15-19H2,1-3H3,(H,41,49)(H,42,50)/t20?,21-,24?,25-,26?,27+,28?,29+,30?,31?,32-,33?,34-,35?,36+,37?,38-/m1/s1. The Bertz CT molecular complexity index is 1570. The largest absolute Gasteiger partial charge is 0.445 e. The van der Waals surface area contributed by atoms with Crippen LogP contribution in [0.2, 0.25) is 0 Å². The molecule has 8 N–H and O–H groups in total. The van der Waals surface area contributed by atoms with Crippen LogP contribution in [-0.2, 0) is 46.4 Å². The van der Waals surface area contributed by atoms with E-state index >= 15 is 0 Å². The lowest BCUT2D eigenvalue weighted by Crippen LogP contribution is -2.67. The third-order valence-electron chi connectivity index (χ3n) is 11.5. The number of ether oxygens (including phenoxy) is 7. The van der Waals surface area contributed by atoms with Crippen LogP contribution in [0.3, 0.4) is 0 Å².